The maximum absolute atomic E-state index is 13.0. The summed E-state index contributed by atoms with van der Waals surface area (Å²) in [5.74, 6) is 0.744. The molecule has 1 aromatic carbocycles. The first kappa shape index (κ1) is 20.8. The molecule has 1 saturated heterocycles. The SMILES string of the molecule is COCC(NC(=O)N1CCN(c2cnccn2)CC1)c1cccc(C(F)(F)F)c1. The molecule has 7 nitrogen and oxygen atoms in total. The van der Waals surface area contributed by atoms with Crippen LogP contribution in [0, 0.1) is 0 Å². The first-order valence-electron chi connectivity index (χ1n) is 9.11. The second-order valence-electron chi connectivity index (χ2n) is 6.62. The van der Waals surface area contributed by atoms with Crippen molar-refractivity contribution in [2.24, 2.45) is 0 Å². The number of aromatic nitrogens is 2. The van der Waals surface area contributed by atoms with Crippen molar-refractivity contribution in [2.75, 3.05) is 44.8 Å². The number of piperazine rings is 1. The van der Waals surface area contributed by atoms with Gasteiger partial charge in [0, 0.05) is 45.7 Å². The highest BCUT2D eigenvalue weighted by atomic mass is 19.4. The molecule has 0 radical (unpaired) electrons. The molecule has 3 rings (SSSR count). The van der Waals surface area contributed by atoms with Crippen LogP contribution >= 0.6 is 0 Å². The number of anilines is 1. The number of nitrogens with one attached hydrogen (secondary N) is 1. The standard InChI is InChI=1S/C19H22F3N5O2/c1-29-13-16(14-3-2-4-15(11-14)19(20,21)22)25-18(28)27-9-7-26(8-10-27)17-12-23-5-6-24-17/h2-6,11-12,16H,7-10,13H2,1H3,(H,25,28). The number of benzene rings is 1. The molecular weight excluding hydrogens is 387 g/mol. The van der Waals surface area contributed by atoms with Crippen LogP contribution in [0.1, 0.15) is 17.2 Å². The van der Waals surface area contributed by atoms with Gasteiger partial charge in [0.15, 0.2) is 0 Å². The molecule has 1 aromatic heterocycles. The van der Waals surface area contributed by atoms with E-state index in [0.717, 1.165) is 18.0 Å². The van der Waals surface area contributed by atoms with Crippen molar-refractivity contribution in [3.05, 3.63) is 54.0 Å². The average molecular weight is 409 g/mol. The number of halogens is 3. The van der Waals surface area contributed by atoms with E-state index in [9.17, 15) is 18.0 Å². The van der Waals surface area contributed by atoms with E-state index in [-0.39, 0.29) is 12.6 Å². The third-order valence-corrected chi connectivity index (χ3v) is 4.69. The lowest BCUT2D eigenvalue weighted by Crippen LogP contribution is -2.52. The van der Waals surface area contributed by atoms with E-state index < -0.39 is 17.8 Å². The number of carbonyl (C=O) groups is 1. The Morgan fingerprint density at radius 2 is 2.00 bits per heavy atom. The number of hydrogen-bond donors (Lipinski definition) is 1. The van der Waals surface area contributed by atoms with Crippen LogP contribution in [0.5, 0.6) is 0 Å². The molecular formula is C19H22F3N5O2. The van der Waals surface area contributed by atoms with E-state index in [1.54, 1.807) is 29.6 Å². The molecule has 0 aliphatic carbocycles. The van der Waals surface area contributed by atoms with E-state index in [2.05, 4.69) is 15.3 Å². The molecule has 2 heterocycles. The Hall–Kier alpha value is -2.88. The zero-order chi connectivity index (χ0) is 20.9. The monoisotopic (exact) mass is 409 g/mol. The van der Waals surface area contributed by atoms with Crippen LogP contribution in [0.15, 0.2) is 42.9 Å². The highest BCUT2D eigenvalue weighted by Crippen LogP contribution is 2.31. The smallest absolute Gasteiger partial charge is 0.382 e. The summed E-state index contributed by atoms with van der Waals surface area (Å²) >= 11 is 0. The zero-order valence-electron chi connectivity index (χ0n) is 15.9. The van der Waals surface area contributed by atoms with E-state index >= 15 is 0 Å². The van der Waals surface area contributed by atoms with Crippen molar-refractivity contribution in [3.8, 4) is 0 Å². The van der Waals surface area contributed by atoms with Gasteiger partial charge in [0.25, 0.3) is 0 Å². The first-order chi connectivity index (χ1) is 13.9. The number of amides is 2. The maximum atomic E-state index is 13.0. The number of carbonyl (C=O) groups excluding carboxylic acids is 1. The van der Waals surface area contributed by atoms with Gasteiger partial charge in [-0.2, -0.15) is 13.2 Å². The fourth-order valence-corrected chi connectivity index (χ4v) is 3.15. The molecule has 1 unspecified atom stereocenters. The molecule has 156 valence electrons. The molecule has 1 fully saturated rings. The van der Waals surface area contributed by atoms with Crippen LogP contribution in [0.2, 0.25) is 0 Å². The normalized spacial score (nSPS) is 15.9. The minimum atomic E-state index is -4.45. The Morgan fingerprint density at radius 3 is 2.62 bits per heavy atom. The second kappa shape index (κ2) is 9.08. The number of methoxy groups -OCH3 is 1. The van der Waals surface area contributed by atoms with Gasteiger partial charge in [0.2, 0.25) is 0 Å². The van der Waals surface area contributed by atoms with Gasteiger partial charge >= 0.3 is 12.2 Å². The summed E-state index contributed by atoms with van der Waals surface area (Å²) in [7, 11) is 1.44. The Balaban J connectivity index is 1.63. The summed E-state index contributed by atoms with van der Waals surface area (Å²) < 4.78 is 44.1. The summed E-state index contributed by atoms with van der Waals surface area (Å²) in [6.07, 6.45) is 0.419. The third-order valence-electron chi connectivity index (χ3n) is 4.69. The summed E-state index contributed by atoms with van der Waals surface area (Å²) in [6.45, 7) is 2.16. The third kappa shape index (κ3) is 5.35. The topological polar surface area (TPSA) is 70.6 Å². The predicted molar refractivity (Wildman–Crippen MR) is 100 cm³/mol. The van der Waals surface area contributed by atoms with Gasteiger partial charge in [-0.25, -0.2) is 9.78 Å². The van der Waals surface area contributed by atoms with Crippen LogP contribution in [0.25, 0.3) is 0 Å². The number of alkyl halides is 3. The minimum absolute atomic E-state index is 0.0621. The highest BCUT2D eigenvalue weighted by Gasteiger charge is 2.31. The molecule has 2 amide bonds. The van der Waals surface area contributed by atoms with Crippen molar-refractivity contribution >= 4 is 11.8 Å². The van der Waals surface area contributed by atoms with Gasteiger partial charge in [0.05, 0.1) is 24.4 Å². The van der Waals surface area contributed by atoms with Crippen LogP contribution in [0.3, 0.4) is 0 Å². The van der Waals surface area contributed by atoms with Crippen LogP contribution in [-0.4, -0.2) is 60.8 Å². The van der Waals surface area contributed by atoms with Crippen molar-refractivity contribution < 1.29 is 22.7 Å². The van der Waals surface area contributed by atoms with Crippen LogP contribution in [-0.2, 0) is 10.9 Å². The molecule has 0 bridgehead atoms. The summed E-state index contributed by atoms with van der Waals surface area (Å²) in [5.41, 5.74) is -0.420. The van der Waals surface area contributed by atoms with E-state index in [4.69, 9.17) is 4.74 Å². The number of rotatable bonds is 5. The molecule has 1 atom stereocenters. The quantitative estimate of drug-likeness (QED) is 0.822. The molecule has 1 aliphatic rings. The Labute approximate surface area is 166 Å². The molecule has 1 aliphatic heterocycles. The van der Waals surface area contributed by atoms with E-state index in [1.807, 2.05) is 4.90 Å². The lowest BCUT2D eigenvalue weighted by Gasteiger charge is -2.36. The van der Waals surface area contributed by atoms with Crippen LogP contribution < -0.4 is 10.2 Å². The molecule has 0 saturated carbocycles. The largest absolute Gasteiger partial charge is 0.416 e. The fraction of sp³-hybridized carbons (Fsp3) is 0.421. The lowest BCUT2D eigenvalue weighted by molar-refractivity contribution is -0.137. The van der Waals surface area contributed by atoms with Crippen LogP contribution in [0.4, 0.5) is 23.8 Å². The average Bonchev–Trinajstić information content (AvgIpc) is 2.73. The van der Waals surface area contributed by atoms with Crippen molar-refractivity contribution in [1.29, 1.82) is 0 Å². The molecule has 1 N–H and O–H groups in total. The summed E-state index contributed by atoms with van der Waals surface area (Å²) in [4.78, 5) is 24.6. The molecule has 0 spiro atoms. The molecule has 10 heteroatoms. The predicted octanol–water partition coefficient (Wildman–Crippen LogP) is 2.71. The van der Waals surface area contributed by atoms with Gasteiger partial charge in [-0.05, 0) is 17.7 Å². The fourth-order valence-electron chi connectivity index (χ4n) is 3.15. The summed E-state index contributed by atoms with van der Waals surface area (Å²) in [6, 6.07) is 3.88. The van der Waals surface area contributed by atoms with Gasteiger partial charge < -0.3 is 19.9 Å². The maximum Gasteiger partial charge on any atom is 0.416 e. The molecule has 2 aromatic rings. The van der Waals surface area contributed by atoms with E-state index in [0.29, 0.717) is 31.7 Å². The van der Waals surface area contributed by atoms with Crippen molar-refractivity contribution in [1.82, 2.24) is 20.2 Å². The number of hydrogen-bond acceptors (Lipinski definition) is 5. The first-order valence-corrected chi connectivity index (χ1v) is 9.11. The Kier molecular flexibility index (Phi) is 6.53. The highest BCUT2D eigenvalue weighted by molar-refractivity contribution is 5.75. The Morgan fingerprint density at radius 1 is 1.24 bits per heavy atom. The van der Waals surface area contributed by atoms with Gasteiger partial charge in [0.1, 0.15) is 5.82 Å². The van der Waals surface area contributed by atoms with Gasteiger partial charge in [-0.1, -0.05) is 12.1 Å². The Bertz CT molecular complexity index is 811. The number of nitrogens with zero attached hydrogens (tertiary/aromatic N) is 4. The van der Waals surface area contributed by atoms with Gasteiger partial charge in [-0.3, -0.25) is 4.98 Å². The van der Waals surface area contributed by atoms with Crippen molar-refractivity contribution in [2.45, 2.75) is 12.2 Å². The van der Waals surface area contributed by atoms with Crippen molar-refractivity contribution in [3.63, 3.8) is 0 Å². The minimum Gasteiger partial charge on any atom is -0.382 e. The zero-order valence-corrected chi connectivity index (χ0v) is 15.9. The second-order valence-corrected chi connectivity index (χ2v) is 6.62. The lowest BCUT2D eigenvalue weighted by atomic mass is 10.0. The number of urea groups is 1. The molecule has 29 heavy (non-hydrogen) atoms. The summed E-state index contributed by atoms with van der Waals surface area (Å²) in [5, 5.41) is 2.79. The van der Waals surface area contributed by atoms with Gasteiger partial charge in [-0.15, -0.1) is 0 Å². The van der Waals surface area contributed by atoms with E-state index in [1.165, 1.54) is 13.2 Å². The number of ether oxygens (including phenoxy) is 1.